The first-order valence-electron chi connectivity index (χ1n) is 7.91. The summed E-state index contributed by atoms with van der Waals surface area (Å²) in [4.78, 5) is 15.3. The molecule has 0 amide bonds. The molecule has 1 saturated heterocycles. The summed E-state index contributed by atoms with van der Waals surface area (Å²) in [5, 5.41) is 1.05. The Hall–Kier alpha value is -2.41. The predicted molar refractivity (Wildman–Crippen MR) is 94.0 cm³/mol. The molecule has 2 aromatic heterocycles. The summed E-state index contributed by atoms with van der Waals surface area (Å²) in [6.07, 6.45) is 6.02. The molecular weight excluding hydrogens is 324 g/mol. The Labute approximate surface area is 144 Å². The van der Waals surface area contributed by atoms with Gasteiger partial charge in [-0.2, -0.15) is 0 Å². The van der Waals surface area contributed by atoms with Gasteiger partial charge in [0.2, 0.25) is 5.88 Å². The Morgan fingerprint density at radius 2 is 2.29 bits per heavy atom. The van der Waals surface area contributed by atoms with Crippen molar-refractivity contribution in [3.8, 4) is 11.6 Å². The van der Waals surface area contributed by atoms with Gasteiger partial charge in [-0.05, 0) is 18.6 Å². The van der Waals surface area contributed by atoms with E-state index in [0.29, 0.717) is 18.4 Å². The molecule has 4 rings (SSSR count). The standard InChI is InChI=1S/C17H18N4O2S/c1-22-13-3-2-4-14-16(13)20-17(24-14)21-8-5-12(10-21)11-23-15-9-18-6-7-19-15/h2-4,6-7,9,12H,5,8,10-11H2,1H3. The van der Waals surface area contributed by atoms with E-state index < -0.39 is 0 Å². The quantitative estimate of drug-likeness (QED) is 0.710. The number of hydrogen-bond acceptors (Lipinski definition) is 7. The first-order chi connectivity index (χ1) is 11.8. The Morgan fingerprint density at radius 3 is 3.12 bits per heavy atom. The maximum Gasteiger partial charge on any atom is 0.232 e. The van der Waals surface area contributed by atoms with E-state index in [9.17, 15) is 0 Å². The van der Waals surface area contributed by atoms with Gasteiger partial charge in [-0.25, -0.2) is 9.97 Å². The van der Waals surface area contributed by atoms with Gasteiger partial charge in [-0.3, -0.25) is 4.98 Å². The molecule has 6 nitrogen and oxygen atoms in total. The lowest BCUT2D eigenvalue weighted by atomic mass is 10.1. The summed E-state index contributed by atoms with van der Waals surface area (Å²) in [6.45, 7) is 2.60. The smallest absolute Gasteiger partial charge is 0.232 e. The van der Waals surface area contributed by atoms with Crippen molar-refractivity contribution in [1.29, 1.82) is 0 Å². The second-order valence-corrected chi connectivity index (χ2v) is 6.77. The van der Waals surface area contributed by atoms with Crippen LogP contribution in [0.5, 0.6) is 11.6 Å². The fraction of sp³-hybridized carbons (Fsp3) is 0.353. The molecule has 0 saturated carbocycles. The maximum absolute atomic E-state index is 5.73. The van der Waals surface area contributed by atoms with Crippen molar-refractivity contribution in [3.05, 3.63) is 36.8 Å². The number of nitrogens with zero attached hydrogens (tertiary/aromatic N) is 4. The van der Waals surface area contributed by atoms with Gasteiger partial charge in [-0.15, -0.1) is 0 Å². The summed E-state index contributed by atoms with van der Waals surface area (Å²) in [7, 11) is 1.68. The van der Waals surface area contributed by atoms with Crippen molar-refractivity contribution in [2.75, 3.05) is 31.7 Å². The van der Waals surface area contributed by atoms with E-state index in [-0.39, 0.29) is 0 Å². The predicted octanol–water partition coefficient (Wildman–Crippen LogP) is 3.00. The lowest BCUT2D eigenvalue weighted by Crippen LogP contribution is -2.21. The number of benzene rings is 1. The van der Waals surface area contributed by atoms with Crippen molar-refractivity contribution < 1.29 is 9.47 Å². The lowest BCUT2D eigenvalue weighted by molar-refractivity contribution is 0.251. The van der Waals surface area contributed by atoms with E-state index in [1.165, 1.54) is 0 Å². The van der Waals surface area contributed by atoms with Crippen molar-refractivity contribution >= 4 is 26.7 Å². The molecule has 0 N–H and O–H groups in total. The molecule has 3 aromatic rings. The summed E-state index contributed by atoms with van der Waals surface area (Å²) in [5.74, 6) is 1.89. The minimum absolute atomic E-state index is 0.473. The second kappa shape index (κ2) is 6.60. The summed E-state index contributed by atoms with van der Waals surface area (Å²) in [5.41, 5.74) is 0.944. The topological polar surface area (TPSA) is 60.4 Å². The lowest BCUT2D eigenvalue weighted by Gasteiger charge is -2.15. The summed E-state index contributed by atoms with van der Waals surface area (Å²) >= 11 is 1.71. The van der Waals surface area contributed by atoms with E-state index in [2.05, 4.69) is 20.9 Å². The first-order valence-corrected chi connectivity index (χ1v) is 8.72. The zero-order valence-electron chi connectivity index (χ0n) is 13.4. The van der Waals surface area contributed by atoms with Crippen LogP contribution >= 0.6 is 11.3 Å². The molecule has 7 heteroatoms. The highest BCUT2D eigenvalue weighted by Gasteiger charge is 2.26. The first kappa shape index (κ1) is 15.1. The maximum atomic E-state index is 5.73. The number of anilines is 1. The molecule has 0 spiro atoms. The third-order valence-electron chi connectivity index (χ3n) is 4.15. The average Bonchev–Trinajstić information content (AvgIpc) is 3.27. The SMILES string of the molecule is COc1cccc2sc(N3CCC(COc4cnccn4)C3)nc12. The van der Waals surface area contributed by atoms with Gasteiger partial charge in [0.05, 0.1) is 24.6 Å². The molecule has 0 bridgehead atoms. The largest absolute Gasteiger partial charge is 0.494 e. The Morgan fingerprint density at radius 1 is 1.33 bits per heavy atom. The van der Waals surface area contributed by atoms with Gasteiger partial charge >= 0.3 is 0 Å². The second-order valence-electron chi connectivity index (χ2n) is 5.76. The highest BCUT2D eigenvalue weighted by atomic mass is 32.1. The zero-order chi connectivity index (χ0) is 16.4. The van der Waals surface area contributed by atoms with Crippen LogP contribution in [0.2, 0.25) is 0 Å². The molecule has 1 aromatic carbocycles. The fourth-order valence-corrected chi connectivity index (χ4v) is 3.94. The third-order valence-corrected chi connectivity index (χ3v) is 5.23. The van der Waals surface area contributed by atoms with Crippen LogP contribution in [0.15, 0.2) is 36.8 Å². The Balaban J connectivity index is 1.43. The van der Waals surface area contributed by atoms with Crippen LogP contribution in [-0.4, -0.2) is 41.8 Å². The van der Waals surface area contributed by atoms with Crippen molar-refractivity contribution in [3.63, 3.8) is 0 Å². The fourth-order valence-electron chi connectivity index (χ4n) is 2.92. The van der Waals surface area contributed by atoms with Gasteiger partial charge < -0.3 is 14.4 Å². The Bertz CT molecular complexity index is 824. The van der Waals surface area contributed by atoms with E-state index in [1.54, 1.807) is 37.0 Å². The average molecular weight is 342 g/mol. The van der Waals surface area contributed by atoms with Crippen molar-refractivity contribution in [2.45, 2.75) is 6.42 Å². The molecule has 0 aliphatic carbocycles. The number of ether oxygens (including phenoxy) is 2. The van der Waals surface area contributed by atoms with Crippen LogP contribution in [0.25, 0.3) is 10.2 Å². The van der Waals surface area contributed by atoms with Gasteiger partial charge in [0, 0.05) is 31.4 Å². The third kappa shape index (κ3) is 2.99. The molecule has 3 heterocycles. The van der Waals surface area contributed by atoms with Crippen LogP contribution in [0, 0.1) is 5.92 Å². The summed E-state index contributed by atoms with van der Waals surface area (Å²) < 4.78 is 12.3. The number of para-hydroxylation sites is 1. The molecule has 1 atom stereocenters. The number of hydrogen-bond donors (Lipinski definition) is 0. The number of methoxy groups -OCH3 is 1. The highest BCUT2D eigenvalue weighted by Crippen LogP contribution is 2.35. The minimum Gasteiger partial charge on any atom is -0.494 e. The van der Waals surface area contributed by atoms with E-state index >= 15 is 0 Å². The van der Waals surface area contributed by atoms with Gasteiger partial charge in [-0.1, -0.05) is 17.4 Å². The highest BCUT2D eigenvalue weighted by molar-refractivity contribution is 7.22. The molecular formula is C17H18N4O2S. The number of thiazole rings is 1. The van der Waals surface area contributed by atoms with Gasteiger partial charge in [0.1, 0.15) is 11.3 Å². The van der Waals surface area contributed by atoms with Crippen LogP contribution in [0.1, 0.15) is 6.42 Å². The van der Waals surface area contributed by atoms with Crippen molar-refractivity contribution in [1.82, 2.24) is 15.0 Å². The van der Waals surface area contributed by atoms with Gasteiger partial charge in [0.25, 0.3) is 0 Å². The van der Waals surface area contributed by atoms with Crippen LogP contribution in [-0.2, 0) is 0 Å². The molecule has 1 fully saturated rings. The Kier molecular flexibility index (Phi) is 4.17. The van der Waals surface area contributed by atoms with Crippen LogP contribution < -0.4 is 14.4 Å². The monoisotopic (exact) mass is 342 g/mol. The molecule has 1 aliphatic rings. The molecule has 1 unspecified atom stereocenters. The molecule has 124 valence electrons. The van der Waals surface area contributed by atoms with Crippen molar-refractivity contribution in [2.24, 2.45) is 5.92 Å². The van der Waals surface area contributed by atoms with E-state index in [4.69, 9.17) is 14.5 Å². The van der Waals surface area contributed by atoms with E-state index in [1.807, 2.05) is 12.1 Å². The van der Waals surface area contributed by atoms with Crippen LogP contribution in [0.3, 0.4) is 0 Å². The molecule has 0 radical (unpaired) electrons. The van der Waals surface area contributed by atoms with Crippen LogP contribution in [0.4, 0.5) is 5.13 Å². The molecule has 1 aliphatic heterocycles. The number of rotatable bonds is 5. The van der Waals surface area contributed by atoms with Gasteiger partial charge in [0.15, 0.2) is 5.13 Å². The summed E-state index contributed by atoms with van der Waals surface area (Å²) in [6, 6.07) is 6.04. The van der Waals surface area contributed by atoms with E-state index in [0.717, 1.165) is 40.6 Å². The normalized spacial score (nSPS) is 17.4. The number of aromatic nitrogens is 3. The molecule has 24 heavy (non-hydrogen) atoms. The minimum atomic E-state index is 0.473. The number of fused-ring (bicyclic) bond motifs is 1. The zero-order valence-corrected chi connectivity index (χ0v) is 14.2.